The molecule has 0 unspecified atom stereocenters. The van der Waals surface area contributed by atoms with Gasteiger partial charge in [0.2, 0.25) is 0 Å². The summed E-state index contributed by atoms with van der Waals surface area (Å²) in [6, 6.07) is 30.1. The second-order valence-corrected chi connectivity index (χ2v) is 7.82. The third kappa shape index (κ3) is 5.42. The fourth-order valence-corrected chi connectivity index (χ4v) is 3.97. The molecule has 0 spiro atoms. The minimum absolute atomic E-state index is 0.857. The third-order valence-electron chi connectivity index (χ3n) is 5.63. The Morgan fingerprint density at radius 2 is 1.09 bits per heavy atom. The van der Waals surface area contributed by atoms with Crippen LogP contribution in [0.1, 0.15) is 18.1 Å². The molecule has 0 atom stereocenters. The Morgan fingerprint density at radius 1 is 0.531 bits per heavy atom. The van der Waals surface area contributed by atoms with E-state index < -0.39 is 0 Å². The van der Waals surface area contributed by atoms with Crippen molar-refractivity contribution in [3.8, 4) is 11.1 Å². The molecule has 0 saturated carbocycles. The zero-order valence-electron chi connectivity index (χ0n) is 18.5. The van der Waals surface area contributed by atoms with Gasteiger partial charge in [0, 0.05) is 0 Å². The van der Waals surface area contributed by atoms with Crippen LogP contribution in [-0.2, 0) is 6.42 Å². The van der Waals surface area contributed by atoms with Crippen molar-refractivity contribution < 1.29 is 0 Å². The first-order chi connectivity index (χ1) is 15.8. The molecule has 0 bridgehead atoms. The van der Waals surface area contributed by atoms with Crippen molar-refractivity contribution in [3.05, 3.63) is 162 Å². The van der Waals surface area contributed by atoms with Crippen LogP contribution in [0, 0.1) is 0 Å². The molecule has 156 valence electrons. The maximum Gasteiger partial charge on any atom is -0.00108 e. The molecule has 0 heteroatoms. The molecule has 0 aromatic heterocycles. The van der Waals surface area contributed by atoms with Gasteiger partial charge in [0.1, 0.15) is 0 Å². The third-order valence-corrected chi connectivity index (χ3v) is 5.63. The first-order valence-electron chi connectivity index (χ1n) is 11.1. The van der Waals surface area contributed by atoms with Crippen molar-refractivity contribution in [1.82, 2.24) is 0 Å². The number of hydrogen-bond donors (Lipinski definition) is 0. The van der Waals surface area contributed by atoms with Gasteiger partial charge in [0.25, 0.3) is 0 Å². The van der Waals surface area contributed by atoms with Crippen LogP contribution in [0.15, 0.2) is 151 Å². The molecule has 0 aliphatic heterocycles. The van der Waals surface area contributed by atoms with Gasteiger partial charge in [-0.2, -0.15) is 0 Å². The van der Waals surface area contributed by atoms with Crippen molar-refractivity contribution >= 4 is 5.57 Å². The average molecular weight is 413 g/mol. The molecule has 32 heavy (non-hydrogen) atoms. The fraction of sp³-hybridized carbons (Fsp3) is 0.0625. The predicted molar refractivity (Wildman–Crippen MR) is 139 cm³/mol. The number of allylic oxidation sites excluding steroid dienone is 12. The lowest BCUT2D eigenvalue weighted by Gasteiger charge is -2.17. The van der Waals surface area contributed by atoms with Gasteiger partial charge in [0.05, 0.1) is 0 Å². The summed E-state index contributed by atoms with van der Waals surface area (Å²) in [5, 5.41) is 0. The summed E-state index contributed by atoms with van der Waals surface area (Å²) in [5.74, 6) is 0. The van der Waals surface area contributed by atoms with Gasteiger partial charge in [-0.25, -0.2) is 0 Å². The van der Waals surface area contributed by atoms with Gasteiger partial charge in [0.15, 0.2) is 0 Å². The maximum absolute atomic E-state index is 2.25. The molecule has 4 rings (SSSR count). The first-order valence-corrected chi connectivity index (χ1v) is 11.1. The largest absolute Gasteiger partial charge is 0.0623 e. The molecule has 1 aliphatic rings. The van der Waals surface area contributed by atoms with Gasteiger partial charge in [-0.15, -0.1) is 0 Å². The Labute approximate surface area is 192 Å². The SMILES string of the molecule is CC1=C/C=C\C=C/C=C\C=C/C(c2ccccc2)=C\1Cc1ccccc1-c1ccccc1. The molecule has 3 aromatic carbocycles. The Hall–Kier alpha value is -3.90. The molecule has 0 nitrogen and oxygen atoms in total. The summed E-state index contributed by atoms with van der Waals surface area (Å²) in [6.45, 7) is 2.22. The molecular weight excluding hydrogens is 384 g/mol. The highest BCUT2D eigenvalue weighted by Crippen LogP contribution is 2.32. The number of hydrogen-bond acceptors (Lipinski definition) is 0. The second kappa shape index (κ2) is 10.9. The molecule has 0 saturated heterocycles. The molecule has 0 heterocycles. The van der Waals surface area contributed by atoms with Crippen LogP contribution in [0.3, 0.4) is 0 Å². The van der Waals surface area contributed by atoms with Gasteiger partial charge >= 0.3 is 0 Å². The Balaban J connectivity index is 1.89. The highest BCUT2D eigenvalue weighted by molar-refractivity contribution is 5.81. The summed E-state index contributed by atoms with van der Waals surface area (Å²) in [6.07, 6.45) is 19.9. The minimum Gasteiger partial charge on any atom is -0.0623 e. The fourth-order valence-electron chi connectivity index (χ4n) is 3.97. The number of rotatable bonds is 4. The van der Waals surface area contributed by atoms with E-state index in [4.69, 9.17) is 0 Å². The average Bonchev–Trinajstić information content (AvgIpc) is 2.84. The van der Waals surface area contributed by atoms with Crippen molar-refractivity contribution in [2.24, 2.45) is 0 Å². The van der Waals surface area contributed by atoms with Crippen molar-refractivity contribution in [2.75, 3.05) is 0 Å². The van der Waals surface area contributed by atoms with Crippen LogP contribution in [0.5, 0.6) is 0 Å². The number of benzene rings is 3. The monoisotopic (exact) mass is 412 g/mol. The predicted octanol–water partition coefficient (Wildman–Crippen LogP) is 8.53. The van der Waals surface area contributed by atoms with Crippen LogP contribution in [0.25, 0.3) is 16.7 Å². The lowest BCUT2D eigenvalue weighted by atomic mass is 9.87. The molecular formula is C32H28. The molecule has 0 N–H and O–H groups in total. The van der Waals surface area contributed by atoms with Crippen LogP contribution < -0.4 is 0 Å². The van der Waals surface area contributed by atoms with E-state index >= 15 is 0 Å². The molecule has 0 amide bonds. The molecule has 0 fully saturated rings. The summed E-state index contributed by atoms with van der Waals surface area (Å²) in [7, 11) is 0. The van der Waals surface area contributed by atoms with Gasteiger partial charge in [-0.05, 0) is 52.3 Å². The normalized spacial score (nSPS) is 22.0. The van der Waals surface area contributed by atoms with E-state index in [1.807, 2.05) is 0 Å². The minimum atomic E-state index is 0.857. The van der Waals surface area contributed by atoms with Gasteiger partial charge in [-0.1, -0.05) is 140 Å². The van der Waals surface area contributed by atoms with Crippen molar-refractivity contribution in [3.63, 3.8) is 0 Å². The summed E-state index contributed by atoms with van der Waals surface area (Å²) in [5.41, 5.74) is 8.95. The van der Waals surface area contributed by atoms with Gasteiger partial charge in [-0.3, -0.25) is 0 Å². The second-order valence-electron chi connectivity index (χ2n) is 7.82. The van der Waals surface area contributed by atoms with Crippen molar-refractivity contribution in [2.45, 2.75) is 13.3 Å². The van der Waals surface area contributed by atoms with Crippen LogP contribution >= 0.6 is 0 Å². The van der Waals surface area contributed by atoms with E-state index in [1.54, 1.807) is 0 Å². The molecule has 3 aromatic rings. The van der Waals surface area contributed by atoms with Crippen LogP contribution in [0.2, 0.25) is 0 Å². The zero-order valence-corrected chi connectivity index (χ0v) is 18.5. The topological polar surface area (TPSA) is 0 Å². The Kier molecular flexibility index (Phi) is 7.29. The van der Waals surface area contributed by atoms with Gasteiger partial charge < -0.3 is 0 Å². The van der Waals surface area contributed by atoms with E-state index in [9.17, 15) is 0 Å². The lowest BCUT2D eigenvalue weighted by Crippen LogP contribution is -2.00. The highest BCUT2D eigenvalue weighted by atomic mass is 14.2. The lowest BCUT2D eigenvalue weighted by molar-refractivity contribution is 1.15. The summed E-state index contributed by atoms with van der Waals surface area (Å²) in [4.78, 5) is 0. The Bertz CT molecular complexity index is 1210. The van der Waals surface area contributed by atoms with E-state index in [-0.39, 0.29) is 0 Å². The zero-order chi connectivity index (χ0) is 22.0. The summed E-state index contributed by atoms with van der Waals surface area (Å²) >= 11 is 0. The quantitative estimate of drug-likeness (QED) is 0.403. The highest BCUT2D eigenvalue weighted by Gasteiger charge is 2.13. The Morgan fingerprint density at radius 3 is 1.81 bits per heavy atom. The van der Waals surface area contributed by atoms with E-state index in [2.05, 4.69) is 147 Å². The van der Waals surface area contributed by atoms with E-state index in [0.29, 0.717) is 0 Å². The van der Waals surface area contributed by atoms with Crippen molar-refractivity contribution in [1.29, 1.82) is 0 Å². The van der Waals surface area contributed by atoms with E-state index in [1.165, 1.54) is 39.0 Å². The first kappa shape index (κ1) is 21.3. The molecule has 1 aliphatic carbocycles. The van der Waals surface area contributed by atoms with Crippen LogP contribution in [-0.4, -0.2) is 0 Å². The summed E-state index contributed by atoms with van der Waals surface area (Å²) < 4.78 is 0. The van der Waals surface area contributed by atoms with Crippen LogP contribution in [0.4, 0.5) is 0 Å². The standard InChI is InChI=1S/C32H28/c1-26-17-9-5-3-2-4-6-14-24-31(28-20-12-8-13-21-28)32(26)25-29-22-15-16-23-30(29)27-18-10-7-11-19-27/h2-24H,25H2,1H3/b3-2-,4-2?,5-3?,6-4-,9-5-,14-6?,17-9?,24-14-,26-17-,31-24?,32-26?,32-31+. The smallest absolute Gasteiger partial charge is 0.00108 e. The van der Waals surface area contributed by atoms with E-state index in [0.717, 1.165) is 6.42 Å². The molecule has 0 radical (unpaired) electrons. The maximum atomic E-state index is 2.25.